The Morgan fingerprint density at radius 3 is 2.59 bits per heavy atom. The van der Waals surface area contributed by atoms with Gasteiger partial charge < -0.3 is 10.2 Å². The highest BCUT2D eigenvalue weighted by Gasteiger charge is 2.22. The van der Waals surface area contributed by atoms with Gasteiger partial charge in [0.15, 0.2) is 5.65 Å². The smallest absolute Gasteiger partial charge is 0.264 e. The Hall–Kier alpha value is -4.27. The quantitative estimate of drug-likeness (QED) is 0.497. The first kappa shape index (κ1) is 21.6. The molecule has 172 valence electrons. The first-order valence-electron chi connectivity index (χ1n) is 11.1. The zero-order chi connectivity index (χ0) is 23.8. The van der Waals surface area contributed by atoms with Crippen molar-refractivity contribution in [1.29, 1.82) is 0 Å². The number of nitrogens with one attached hydrogen (secondary N) is 1. The van der Waals surface area contributed by atoms with Crippen LogP contribution in [0.5, 0.6) is 0 Å². The molecule has 0 saturated carbocycles. The maximum atomic E-state index is 13.0. The Labute approximate surface area is 195 Å². The van der Waals surface area contributed by atoms with Crippen LogP contribution in [-0.4, -0.2) is 37.7 Å². The minimum absolute atomic E-state index is 0.0794. The summed E-state index contributed by atoms with van der Waals surface area (Å²) in [6.45, 7) is 4.48. The summed E-state index contributed by atoms with van der Waals surface area (Å²) in [5.74, 6) is -0.286. The molecule has 0 aliphatic carbocycles. The average molecular weight is 457 g/mol. The molecule has 0 spiro atoms. The summed E-state index contributed by atoms with van der Waals surface area (Å²) >= 11 is 0. The van der Waals surface area contributed by atoms with Crippen molar-refractivity contribution in [3.05, 3.63) is 76.5 Å². The molecule has 5 rings (SSSR count). The van der Waals surface area contributed by atoms with Gasteiger partial charge in [-0.3, -0.25) is 19.0 Å². The van der Waals surface area contributed by atoms with Gasteiger partial charge >= 0.3 is 0 Å². The molecule has 2 aromatic heterocycles. The van der Waals surface area contributed by atoms with Crippen LogP contribution >= 0.6 is 0 Å². The topological polar surface area (TPSA) is 102 Å². The standard InChI is InChI=1S/C25H24N6O3/c1-16-9-17(2)11-20(10-16)31-24-21(13-27-31)25(34)29(15-26-24)14-22(32)28-18-5-3-6-19(12-18)30-8-4-7-23(30)33/h3,5-6,9-13,15H,4,7-8,14H2,1-2H3,(H,28,32). The van der Waals surface area contributed by atoms with Crippen LogP contribution in [0.1, 0.15) is 24.0 Å². The lowest BCUT2D eigenvalue weighted by molar-refractivity contribution is -0.117. The maximum Gasteiger partial charge on any atom is 0.264 e. The van der Waals surface area contributed by atoms with Gasteiger partial charge in [0, 0.05) is 24.3 Å². The molecule has 0 atom stereocenters. The van der Waals surface area contributed by atoms with Gasteiger partial charge in [-0.2, -0.15) is 5.10 Å². The molecular formula is C25H24N6O3. The van der Waals surface area contributed by atoms with Gasteiger partial charge in [-0.05, 0) is 61.7 Å². The first-order chi connectivity index (χ1) is 16.4. The molecule has 34 heavy (non-hydrogen) atoms. The van der Waals surface area contributed by atoms with E-state index in [0.29, 0.717) is 29.7 Å². The van der Waals surface area contributed by atoms with Gasteiger partial charge in [0.05, 0.1) is 11.9 Å². The summed E-state index contributed by atoms with van der Waals surface area (Å²) in [5.41, 5.74) is 4.41. The van der Waals surface area contributed by atoms with Crippen LogP contribution in [0.25, 0.3) is 16.7 Å². The second kappa shape index (κ2) is 8.58. The highest BCUT2D eigenvalue weighted by molar-refractivity contribution is 5.97. The predicted octanol–water partition coefficient (Wildman–Crippen LogP) is 2.96. The SMILES string of the molecule is Cc1cc(C)cc(-n2ncc3c(=O)n(CC(=O)Nc4cccc(N5CCCC5=O)c4)cnc32)c1. The van der Waals surface area contributed by atoms with Crippen molar-refractivity contribution in [3.8, 4) is 5.69 Å². The monoisotopic (exact) mass is 456 g/mol. The molecule has 1 fully saturated rings. The largest absolute Gasteiger partial charge is 0.324 e. The number of rotatable bonds is 5. The number of fused-ring (bicyclic) bond motifs is 1. The molecule has 1 saturated heterocycles. The van der Waals surface area contributed by atoms with Gasteiger partial charge in [0.2, 0.25) is 11.8 Å². The molecule has 2 amide bonds. The molecule has 0 bridgehead atoms. The third-order valence-corrected chi connectivity index (χ3v) is 5.83. The van der Waals surface area contributed by atoms with Crippen molar-refractivity contribution >= 4 is 34.2 Å². The Morgan fingerprint density at radius 1 is 1.06 bits per heavy atom. The summed E-state index contributed by atoms with van der Waals surface area (Å²) in [6, 6.07) is 13.2. The van der Waals surface area contributed by atoms with Crippen molar-refractivity contribution in [3.63, 3.8) is 0 Å². The van der Waals surface area contributed by atoms with E-state index >= 15 is 0 Å². The van der Waals surface area contributed by atoms with Gasteiger partial charge in [0.1, 0.15) is 18.3 Å². The van der Waals surface area contributed by atoms with E-state index in [1.807, 2.05) is 32.0 Å². The van der Waals surface area contributed by atoms with E-state index in [9.17, 15) is 14.4 Å². The number of hydrogen-bond acceptors (Lipinski definition) is 5. The summed E-state index contributed by atoms with van der Waals surface area (Å²) < 4.78 is 2.89. The highest BCUT2D eigenvalue weighted by atomic mass is 16.2. The Kier molecular flexibility index (Phi) is 5.45. The van der Waals surface area contributed by atoms with Gasteiger partial charge in [-0.1, -0.05) is 12.1 Å². The first-order valence-corrected chi connectivity index (χ1v) is 11.1. The van der Waals surface area contributed by atoms with Gasteiger partial charge in [-0.25, -0.2) is 9.67 Å². The molecule has 2 aromatic carbocycles. The van der Waals surface area contributed by atoms with E-state index in [-0.39, 0.29) is 23.9 Å². The number of carbonyl (C=O) groups is 2. The summed E-state index contributed by atoms with van der Waals surface area (Å²) in [6.07, 6.45) is 4.21. The van der Waals surface area contributed by atoms with E-state index in [4.69, 9.17) is 0 Å². The number of anilines is 2. The number of aryl methyl sites for hydroxylation is 2. The second-order valence-electron chi connectivity index (χ2n) is 8.56. The zero-order valence-electron chi connectivity index (χ0n) is 19.0. The molecular weight excluding hydrogens is 432 g/mol. The molecule has 9 heteroatoms. The lowest BCUT2D eigenvalue weighted by Gasteiger charge is -2.17. The van der Waals surface area contributed by atoms with Crippen LogP contribution in [0.4, 0.5) is 11.4 Å². The van der Waals surface area contributed by atoms with Crippen LogP contribution in [-0.2, 0) is 16.1 Å². The number of carbonyl (C=O) groups excluding carboxylic acids is 2. The molecule has 4 aromatic rings. The van der Waals surface area contributed by atoms with E-state index in [1.165, 1.54) is 17.1 Å². The van der Waals surface area contributed by atoms with E-state index in [2.05, 4.69) is 21.5 Å². The number of amides is 2. The number of nitrogens with zero attached hydrogens (tertiary/aromatic N) is 5. The summed E-state index contributed by atoms with van der Waals surface area (Å²) in [7, 11) is 0. The van der Waals surface area contributed by atoms with E-state index in [0.717, 1.165) is 28.9 Å². The molecule has 0 radical (unpaired) electrons. The third-order valence-electron chi connectivity index (χ3n) is 5.83. The fourth-order valence-electron chi connectivity index (χ4n) is 4.35. The predicted molar refractivity (Wildman–Crippen MR) is 129 cm³/mol. The van der Waals surface area contributed by atoms with Crippen LogP contribution in [0.3, 0.4) is 0 Å². The third kappa shape index (κ3) is 4.07. The summed E-state index contributed by atoms with van der Waals surface area (Å²) in [4.78, 5) is 43.8. The highest BCUT2D eigenvalue weighted by Crippen LogP contribution is 2.24. The zero-order valence-corrected chi connectivity index (χ0v) is 19.0. The lowest BCUT2D eigenvalue weighted by atomic mass is 10.1. The number of hydrogen-bond donors (Lipinski definition) is 1. The number of aromatic nitrogens is 4. The molecule has 3 heterocycles. The van der Waals surface area contributed by atoms with Crippen LogP contribution < -0.4 is 15.8 Å². The van der Waals surface area contributed by atoms with E-state index in [1.54, 1.807) is 27.8 Å². The fraction of sp³-hybridized carbons (Fsp3) is 0.240. The van der Waals surface area contributed by atoms with E-state index < -0.39 is 0 Å². The van der Waals surface area contributed by atoms with Crippen LogP contribution in [0, 0.1) is 13.8 Å². The molecule has 1 aliphatic heterocycles. The second-order valence-corrected chi connectivity index (χ2v) is 8.56. The van der Waals surface area contributed by atoms with Crippen LogP contribution in [0.15, 0.2) is 59.8 Å². The average Bonchev–Trinajstić information content (AvgIpc) is 3.42. The van der Waals surface area contributed by atoms with Gasteiger partial charge in [0.25, 0.3) is 5.56 Å². The Balaban J connectivity index is 1.36. The van der Waals surface area contributed by atoms with Crippen molar-refractivity contribution < 1.29 is 9.59 Å². The lowest BCUT2D eigenvalue weighted by Crippen LogP contribution is -2.28. The van der Waals surface area contributed by atoms with Crippen molar-refractivity contribution in [2.75, 3.05) is 16.8 Å². The van der Waals surface area contributed by atoms with Crippen molar-refractivity contribution in [2.45, 2.75) is 33.2 Å². The minimum Gasteiger partial charge on any atom is -0.324 e. The molecule has 1 aliphatic rings. The summed E-state index contributed by atoms with van der Waals surface area (Å²) in [5, 5.41) is 7.50. The normalized spacial score (nSPS) is 13.6. The molecule has 1 N–H and O–H groups in total. The molecule has 9 nitrogen and oxygen atoms in total. The van der Waals surface area contributed by atoms with Crippen molar-refractivity contribution in [1.82, 2.24) is 19.3 Å². The van der Waals surface area contributed by atoms with Crippen molar-refractivity contribution in [2.24, 2.45) is 0 Å². The fourth-order valence-corrected chi connectivity index (χ4v) is 4.35. The Morgan fingerprint density at radius 2 is 1.85 bits per heavy atom. The van der Waals surface area contributed by atoms with Gasteiger partial charge in [-0.15, -0.1) is 0 Å². The molecule has 0 unspecified atom stereocenters. The Bertz CT molecular complexity index is 1470. The number of benzene rings is 2. The minimum atomic E-state index is -0.366. The maximum absolute atomic E-state index is 13.0. The van der Waals surface area contributed by atoms with Crippen LogP contribution in [0.2, 0.25) is 0 Å².